The summed E-state index contributed by atoms with van der Waals surface area (Å²) in [7, 11) is 0. The first-order chi connectivity index (χ1) is 12.2. The molecule has 0 atom stereocenters. The fourth-order valence-corrected chi connectivity index (χ4v) is 3.80. The van der Waals surface area contributed by atoms with E-state index in [2.05, 4.69) is 32.2 Å². The van der Waals surface area contributed by atoms with Crippen LogP contribution >= 0.6 is 11.3 Å². The number of aromatic nitrogens is 3. The number of amides is 1. The summed E-state index contributed by atoms with van der Waals surface area (Å²) in [6.07, 6.45) is 0.903. The number of hydrogen-bond donors (Lipinski definition) is 0. The van der Waals surface area contributed by atoms with Gasteiger partial charge in [0.05, 0.1) is 11.2 Å². The molecule has 1 aliphatic rings. The third-order valence-corrected chi connectivity index (χ3v) is 5.17. The van der Waals surface area contributed by atoms with Gasteiger partial charge in [-0.3, -0.25) is 4.79 Å². The molecule has 1 aliphatic heterocycles. The Balaban J connectivity index is 1.58. The van der Waals surface area contributed by atoms with Gasteiger partial charge >= 0.3 is 0 Å². The molecule has 0 spiro atoms. The second kappa shape index (κ2) is 6.76. The summed E-state index contributed by atoms with van der Waals surface area (Å²) in [6, 6.07) is 8.23. The van der Waals surface area contributed by atoms with E-state index in [0.29, 0.717) is 12.2 Å². The second-order valence-corrected chi connectivity index (χ2v) is 6.88. The van der Waals surface area contributed by atoms with Gasteiger partial charge in [0.25, 0.3) is 5.91 Å². The lowest BCUT2D eigenvalue weighted by molar-refractivity contribution is 0.0762. The summed E-state index contributed by atoms with van der Waals surface area (Å²) in [5, 5.41) is 12.8. The van der Waals surface area contributed by atoms with E-state index in [9.17, 15) is 4.79 Å². The van der Waals surface area contributed by atoms with Crippen LogP contribution in [0.1, 0.15) is 22.6 Å². The molecule has 1 amide bonds. The van der Waals surface area contributed by atoms with E-state index in [4.69, 9.17) is 0 Å². The molecule has 0 unspecified atom stereocenters. The highest BCUT2D eigenvalue weighted by Gasteiger charge is 2.23. The van der Waals surface area contributed by atoms with E-state index in [0.717, 1.165) is 48.3 Å². The lowest BCUT2D eigenvalue weighted by atomic mass is 10.1. The Morgan fingerprint density at radius 1 is 1.08 bits per heavy atom. The number of benzene rings is 1. The summed E-state index contributed by atoms with van der Waals surface area (Å²) in [5.41, 5.74) is 3.18. The van der Waals surface area contributed by atoms with Crippen molar-refractivity contribution in [3.05, 3.63) is 46.5 Å². The highest BCUT2D eigenvalue weighted by atomic mass is 32.1. The second-order valence-electron chi connectivity index (χ2n) is 6.16. The van der Waals surface area contributed by atoms with Crippen molar-refractivity contribution in [2.75, 3.05) is 31.1 Å². The van der Waals surface area contributed by atoms with E-state index in [1.807, 2.05) is 29.3 Å². The van der Waals surface area contributed by atoms with Crippen molar-refractivity contribution in [3.63, 3.8) is 0 Å². The van der Waals surface area contributed by atoms with E-state index in [1.165, 1.54) is 11.3 Å². The van der Waals surface area contributed by atoms with Crippen LogP contribution in [0.15, 0.2) is 35.2 Å². The van der Waals surface area contributed by atoms with Crippen LogP contribution in [-0.2, 0) is 0 Å². The molecule has 6 nitrogen and oxygen atoms in total. The number of fused-ring (bicyclic) bond motifs is 1. The minimum absolute atomic E-state index is 0.0166. The third-order valence-electron chi connectivity index (χ3n) is 4.59. The Morgan fingerprint density at radius 2 is 1.92 bits per heavy atom. The quantitative estimate of drug-likeness (QED) is 0.709. The largest absolute Gasteiger partial charge is 0.353 e. The van der Waals surface area contributed by atoms with Gasteiger partial charge in [-0.2, -0.15) is 5.10 Å². The van der Waals surface area contributed by atoms with Crippen LogP contribution < -0.4 is 4.90 Å². The zero-order valence-corrected chi connectivity index (χ0v) is 14.9. The first-order valence-corrected chi connectivity index (χ1v) is 9.33. The van der Waals surface area contributed by atoms with E-state index < -0.39 is 0 Å². The maximum absolute atomic E-state index is 12.5. The van der Waals surface area contributed by atoms with E-state index in [1.54, 1.807) is 5.51 Å². The SMILES string of the molecule is Cc1nnc(N2CCCN(C(=O)c3cscn3)CC2)c2ccccc12. The number of aryl methyl sites for hydroxylation is 1. The predicted octanol–water partition coefficient (Wildman–Crippen LogP) is 2.75. The third kappa shape index (κ3) is 3.07. The zero-order chi connectivity index (χ0) is 17.2. The van der Waals surface area contributed by atoms with Gasteiger partial charge in [-0.25, -0.2) is 4.98 Å². The lowest BCUT2D eigenvalue weighted by Crippen LogP contribution is -2.35. The number of carbonyl (C=O) groups excluding carboxylic acids is 1. The van der Waals surface area contributed by atoms with Crippen molar-refractivity contribution in [2.45, 2.75) is 13.3 Å². The number of nitrogens with zero attached hydrogens (tertiary/aromatic N) is 5. The van der Waals surface area contributed by atoms with Crippen molar-refractivity contribution in [3.8, 4) is 0 Å². The average molecular weight is 353 g/mol. The Hall–Kier alpha value is -2.54. The standard InChI is InChI=1S/C18H19N5OS/c1-13-14-5-2-3-6-15(14)17(21-20-13)22-7-4-8-23(10-9-22)18(24)16-11-25-12-19-16/h2-3,5-6,11-12H,4,7-10H2,1H3. The van der Waals surface area contributed by atoms with E-state index >= 15 is 0 Å². The number of anilines is 1. The van der Waals surface area contributed by atoms with Gasteiger partial charge in [0, 0.05) is 42.3 Å². The first kappa shape index (κ1) is 16.0. The molecular formula is C18H19N5OS. The number of carbonyl (C=O) groups is 1. The molecule has 3 heterocycles. The fourth-order valence-electron chi connectivity index (χ4n) is 3.27. The molecular weight excluding hydrogens is 334 g/mol. The summed E-state index contributed by atoms with van der Waals surface area (Å²) < 4.78 is 0. The van der Waals surface area contributed by atoms with Crippen LogP contribution in [0, 0.1) is 6.92 Å². The Bertz CT molecular complexity index is 896. The van der Waals surface area contributed by atoms with Crippen molar-refractivity contribution >= 4 is 33.8 Å². The Kier molecular flexibility index (Phi) is 4.31. The molecule has 4 rings (SSSR count). The molecule has 0 aliphatic carbocycles. The highest BCUT2D eigenvalue weighted by Crippen LogP contribution is 2.26. The van der Waals surface area contributed by atoms with Crippen LogP contribution in [0.2, 0.25) is 0 Å². The molecule has 128 valence electrons. The molecule has 0 saturated carbocycles. The molecule has 1 fully saturated rings. The highest BCUT2D eigenvalue weighted by molar-refractivity contribution is 7.07. The zero-order valence-electron chi connectivity index (χ0n) is 14.1. The van der Waals surface area contributed by atoms with Gasteiger partial charge < -0.3 is 9.80 Å². The first-order valence-electron chi connectivity index (χ1n) is 8.38. The van der Waals surface area contributed by atoms with Gasteiger partial charge in [-0.1, -0.05) is 24.3 Å². The Labute approximate surface area is 150 Å². The molecule has 0 bridgehead atoms. The summed E-state index contributed by atoms with van der Waals surface area (Å²) in [5.74, 6) is 0.923. The molecule has 1 saturated heterocycles. The predicted molar refractivity (Wildman–Crippen MR) is 99.1 cm³/mol. The summed E-state index contributed by atoms with van der Waals surface area (Å²) >= 11 is 1.45. The van der Waals surface area contributed by atoms with Gasteiger partial charge in [0.2, 0.25) is 0 Å². The molecule has 2 aromatic heterocycles. The molecule has 7 heteroatoms. The van der Waals surface area contributed by atoms with E-state index in [-0.39, 0.29) is 5.91 Å². The Morgan fingerprint density at radius 3 is 2.72 bits per heavy atom. The molecule has 1 aromatic carbocycles. The van der Waals surface area contributed by atoms with Crippen molar-refractivity contribution in [1.29, 1.82) is 0 Å². The van der Waals surface area contributed by atoms with Crippen LogP contribution in [0.25, 0.3) is 10.8 Å². The van der Waals surface area contributed by atoms with Crippen LogP contribution in [0.4, 0.5) is 5.82 Å². The lowest BCUT2D eigenvalue weighted by Gasteiger charge is -2.23. The average Bonchev–Trinajstić information content (AvgIpc) is 3.07. The topological polar surface area (TPSA) is 62.2 Å². The fraction of sp³-hybridized carbons (Fsp3) is 0.333. The number of thiazole rings is 1. The smallest absolute Gasteiger partial charge is 0.273 e. The van der Waals surface area contributed by atoms with Gasteiger partial charge in [0.15, 0.2) is 5.82 Å². The van der Waals surface area contributed by atoms with Crippen molar-refractivity contribution in [1.82, 2.24) is 20.1 Å². The normalized spacial score (nSPS) is 15.4. The van der Waals surface area contributed by atoms with Crippen molar-refractivity contribution in [2.24, 2.45) is 0 Å². The van der Waals surface area contributed by atoms with Gasteiger partial charge in [-0.05, 0) is 13.3 Å². The number of rotatable bonds is 2. The van der Waals surface area contributed by atoms with Gasteiger partial charge in [-0.15, -0.1) is 16.4 Å². The molecule has 0 N–H and O–H groups in total. The minimum atomic E-state index is 0.0166. The maximum atomic E-state index is 12.5. The van der Waals surface area contributed by atoms with Crippen LogP contribution in [-0.4, -0.2) is 52.2 Å². The van der Waals surface area contributed by atoms with Crippen molar-refractivity contribution < 1.29 is 4.79 Å². The van der Waals surface area contributed by atoms with Crippen LogP contribution in [0.3, 0.4) is 0 Å². The number of hydrogen-bond acceptors (Lipinski definition) is 6. The maximum Gasteiger partial charge on any atom is 0.273 e. The minimum Gasteiger partial charge on any atom is -0.353 e. The summed E-state index contributed by atoms with van der Waals surface area (Å²) in [6.45, 7) is 5.00. The monoisotopic (exact) mass is 353 g/mol. The molecule has 25 heavy (non-hydrogen) atoms. The molecule has 0 radical (unpaired) electrons. The molecule has 3 aromatic rings. The summed E-state index contributed by atoms with van der Waals surface area (Å²) in [4.78, 5) is 20.8. The van der Waals surface area contributed by atoms with Gasteiger partial charge in [0.1, 0.15) is 5.69 Å². The van der Waals surface area contributed by atoms with Crippen LogP contribution in [0.5, 0.6) is 0 Å².